The van der Waals surface area contributed by atoms with E-state index in [0.29, 0.717) is 29.5 Å². The third-order valence-corrected chi connectivity index (χ3v) is 6.65. The molecule has 0 saturated carbocycles. The van der Waals surface area contributed by atoms with Gasteiger partial charge in [0, 0.05) is 41.3 Å². The Kier molecular flexibility index (Phi) is 7.00. The van der Waals surface area contributed by atoms with Crippen LogP contribution in [0.5, 0.6) is 0 Å². The molecule has 1 aromatic carbocycles. The minimum atomic E-state index is -0.218. The predicted octanol–water partition coefficient (Wildman–Crippen LogP) is 5.07. The van der Waals surface area contributed by atoms with Crippen molar-refractivity contribution in [3.8, 4) is 5.69 Å². The van der Waals surface area contributed by atoms with E-state index in [-0.39, 0.29) is 18.1 Å². The number of hydrogen-bond acceptors (Lipinski definition) is 4. The molecule has 6 nitrogen and oxygen atoms in total. The van der Waals surface area contributed by atoms with Crippen molar-refractivity contribution in [2.75, 3.05) is 13.7 Å². The summed E-state index contributed by atoms with van der Waals surface area (Å²) in [4.78, 5) is 18.5. The number of esters is 1. The van der Waals surface area contributed by atoms with Gasteiger partial charge in [-0.05, 0) is 74.4 Å². The summed E-state index contributed by atoms with van der Waals surface area (Å²) >= 11 is 12.0. The van der Waals surface area contributed by atoms with Gasteiger partial charge in [-0.1, -0.05) is 23.7 Å². The zero-order valence-corrected chi connectivity index (χ0v) is 20.5. The van der Waals surface area contributed by atoms with Crippen molar-refractivity contribution in [1.82, 2.24) is 19.8 Å². The summed E-state index contributed by atoms with van der Waals surface area (Å²) in [5.74, 6) is -0.218. The standard InChI is InChI=1S/C25H27ClN4O2S/c1-16-14-20(17(2)30(16)19-9-6-8-18(26)15-19)24-23(21-10-4-5-12-27-21)28-25(33)29(24)13-7-11-22(31)32-3/h4-6,8-10,12,14-15,23-24H,7,11,13H2,1-3H3,(H,28,33)/t23-,24+/m1/s1. The molecule has 1 fully saturated rings. The molecule has 1 saturated heterocycles. The molecule has 2 atom stereocenters. The van der Waals surface area contributed by atoms with Gasteiger partial charge in [0.2, 0.25) is 0 Å². The molecule has 0 amide bonds. The Hall–Kier alpha value is -2.90. The van der Waals surface area contributed by atoms with E-state index < -0.39 is 0 Å². The van der Waals surface area contributed by atoms with Gasteiger partial charge in [0.25, 0.3) is 0 Å². The van der Waals surface area contributed by atoms with Crippen LogP contribution in [-0.2, 0) is 9.53 Å². The molecule has 3 heterocycles. The van der Waals surface area contributed by atoms with Crippen LogP contribution in [0.15, 0.2) is 54.7 Å². The van der Waals surface area contributed by atoms with Crippen LogP contribution in [0.1, 0.15) is 47.6 Å². The number of aryl methyl sites for hydroxylation is 1. The monoisotopic (exact) mass is 482 g/mol. The van der Waals surface area contributed by atoms with Gasteiger partial charge in [-0.3, -0.25) is 9.78 Å². The Morgan fingerprint density at radius 2 is 2.03 bits per heavy atom. The van der Waals surface area contributed by atoms with Crippen molar-refractivity contribution in [3.05, 3.63) is 82.4 Å². The number of nitrogens with zero attached hydrogens (tertiary/aromatic N) is 3. The predicted molar refractivity (Wildman–Crippen MR) is 134 cm³/mol. The molecule has 1 N–H and O–H groups in total. The highest BCUT2D eigenvalue weighted by Gasteiger charge is 2.41. The zero-order valence-electron chi connectivity index (χ0n) is 18.9. The minimum absolute atomic E-state index is 0.0656. The van der Waals surface area contributed by atoms with Crippen LogP contribution < -0.4 is 5.32 Å². The number of methoxy groups -OCH3 is 1. The number of ether oxygens (including phenoxy) is 1. The molecule has 33 heavy (non-hydrogen) atoms. The first kappa shape index (κ1) is 23.3. The molecule has 172 valence electrons. The molecule has 1 aliphatic rings. The van der Waals surface area contributed by atoms with Gasteiger partial charge in [-0.2, -0.15) is 0 Å². The SMILES string of the molecule is COC(=O)CCCN1C(=S)N[C@H](c2ccccn2)[C@@H]1c1cc(C)n(-c2cccc(Cl)c2)c1C. The van der Waals surface area contributed by atoms with Crippen LogP contribution in [0, 0.1) is 13.8 Å². The van der Waals surface area contributed by atoms with Crippen LogP contribution in [0.4, 0.5) is 0 Å². The number of benzene rings is 1. The lowest BCUT2D eigenvalue weighted by atomic mass is 9.96. The second-order valence-electron chi connectivity index (χ2n) is 8.14. The first-order chi connectivity index (χ1) is 15.9. The molecule has 4 rings (SSSR count). The van der Waals surface area contributed by atoms with Crippen LogP contribution in [0.2, 0.25) is 5.02 Å². The number of halogens is 1. The highest BCUT2D eigenvalue weighted by molar-refractivity contribution is 7.80. The number of nitrogens with one attached hydrogen (secondary N) is 1. The third-order valence-electron chi connectivity index (χ3n) is 6.06. The normalized spacial score (nSPS) is 17.8. The van der Waals surface area contributed by atoms with Crippen LogP contribution in [0.3, 0.4) is 0 Å². The summed E-state index contributed by atoms with van der Waals surface area (Å²) in [6.07, 6.45) is 2.79. The number of aromatic nitrogens is 2. The van der Waals surface area contributed by atoms with E-state index in [9.17, 15) is 4.79 Å². The average molecular weight is 483 g/mol. The van der Waals surface area contributed by atoms with E-state index in [2.05, 4.69) is 45.7 Å². The molecular formula is C25H27ClN4O2S. The summed E-state index contributed by atoms with van der Waals surface area (Å²) < 4.78 is 7.02. The largest absolute Gasteiger partial charge is 0.469 e. The Morgan fingerprint density at radius 1 is 1.21 bits per heavy atom. The summed E-state index contributed by atoms with van der Waals surface area (Å²) in [7, 11) is 1.41. The van der Waals surface area contributed by atoms with Crippen LogP contribution >= 0.6 is 23.8 Å². The Morgan fingerprint density at radius 3 is 2.73 bits per heavy atom. The minimum Gasteiger partial charge on any atom is -0.469 e. The fourth-order valence-electron chi connectivity index (χ4n) is 4.58. The molecule has 0 aliphatic carbocycles. The van der Waals surface area contributed by atoms with E-state index in [1.54, 1.807) is 6.20 Å². The molecule has 3 aromatic rings. The molecule has 0 radical (unpaired) electrons. The van der Waals surface area contributed by atoms with E-state index in [4.69, 9.17) is 28.6 Å². The smallest absolute Gasteiger partial charge is 0.305 e. The number of rotatable bonds is 7. The summed E-state index contributed by atoms with van der Waals surface area (Å²) in [6, 6.07) is 15.8. The zero-order chi connectivity index (χ0) is 23.5. The molecule has 0 bridgehead atoms. The maximum atomic E-state index is 11.7. The Bertz CT molecular complexity index is 1160. The van der Waals surface area contributed by atoms with Gasteiger partial charge in [0.1, 0.15) is 0 Å². The van der Waals surface area contributed by atoms with E-state index in [1.807, 2.05) is 36.4 Å². The van der Waals surface area contributed by atoms with Gasteiger partial charge >= 0.3 is 5.97 Å². The molecule has 2 aromatic heterocycles. The quantitative estimate of drug-likeness (QED) is 0.375. The van der Waals surface area contributed by atoms with E-state index >= 15 is 0 Å². The fraction of sp³-hybridized carbons (Fsp3) is 0.320. The van der Waals surface area contributed by atoms with E-state index in [1.165, 1.54) is 7.11 Å². The number of carbonyl (C=O) groups is 1. The topological polar surface area (TPSA) is 59.4 Å². The average Bonchev–Trinajstić information content (AvgIpc) is 3.29. The second kappa shape index (κ2) is 9.93. The number of pyridine rings is 1. The van der Waals surface area contributed by atoms with Gasteiger partial charge in [-0.25, -0.2) is 0 Å². The first-order valence-corrected chi connectivity index (χ1v) is 11.7. The maximum Gasteiger partial charge on any atom is 0.305 e. The lowest BCUT2D eigenvalue weighted by Crippen LogP contribution is -2.31. The molecular weight excluding hydrogens is 456 g/mol. The Labute approximate surface area is 204 Å². The maximum absolute atomic E-state index is 11.7. The van der Waals surface area contributed by atoms with Gasteiger partial charge in [0.05, 0.1) is 24.9 Å². The fourth-order valence-corrected chi connectivity index (χ4v) is 5.10. The van der Waals surface area contributed by atoms with Crippen LogP contribution in [-0.4, -0.2) is 39.2 Å². The Balaban J connectivity index is 1.75. The molecule has 0 spiro atoms. The number of hydrogen-bond donors (Lipinski definition) is 1. The molecule has 8 heteroatoms. The van der Waals surface area contributed by atoms with Gasteiger partial charge < -0.3 is 19.5 Å². The molecule has 0 unspecified atom stereocenters. The van der Waals surface area contributed by atoms with Crippen LogP contribution in [0.25, 0.3) is 5.69 Å². The number of carbonyl (C=O) groups excluding carboxylic acids is 1. The highest BCUT2D eigenvalue weighted by Crippen LogP contribution is 2.41. The second-order valence-corrected chi connectivity index (χ2v) is 8.96. The van der Waals surface area contributed by atoms with Gasteiger partial charge in [-0.15, -0.1) is 0 Å². The van der Waals surface area contributed by atoms with Crippen molar-refractivity contribution in [2.24, 2.45) is 0 Å². The first-order valence-electron chi connectivity index (χ1n) is 10.9. The summed E-state index contributed by atoms with van der Waals surface area (Å²) in [5, 5.41) is 4.83. The van der Waals surface area contributed by atoms with E-state index in [0.717, 1.165) is 28.3 Å². The highest BCUT2D eigenvalue weighted by atomic mass is 35.5. The van der Waals surface area contributed by atoms with Crippen molar-refractivity contribution >= 4 is 34.9 Å². The van der Waals surface area contributed by atoms with Crippen molar-refractivity contribution in [2.45, 2.75) is 38.8 Å². The third kappa shape index (κ3) is 4.75. The number of thiocarbonyl (C=S) groups is 1. The summed E-state index contributed by atoms with van der Waals surface area (Å²) in [5.41, 5.74) is 5.33. The van der Waals surface area contributed by atoms with Crippen molar-refractivity contribution in [3.63, 3.8) is 0 Å². The van der Waals surface area contributed by atoms with Gasteiger partial charge in [0.15, 0.2) is 5.11 Å². The molecule has 1 aliphatic heterocycles. The van der Waals surface area contributed by atoms with Crippen molar-refractivity contribution in [1.29, 1.82) is 0 Å². The summed E-state index contributed by atoms with van der Waals surface area (Å²) in [6.45, 7) is 4.85. The lowest BCUT2D eigenvalue weighted by Gasteiger charge is -2.28. The lowest BCUT2D eigenvalue weighted by molar-refractivity contribution is -0.140. The van der Waals surface area contributed by atoms with Crippen molar-refractivity contribution < 1.29 is 9.53 Å².